The summed E-state index contributed by atoms with van der Waals surface area (Å²) in [5.74, 6) is 2.11. The van der Waals surface area contributed by atoms with Crippen molar-refractivity contribution in [3.63, 3.8) is 0 Å². The second-order valence-corrected chi connectivity index (χ2v) is 5.98. The number of nitrogens with one attached hydrogen (secondary N) is 1. The van der Waals surface area contributed by atoms with Gasteiger partial charge in [0, 0.05) is 44.5 Å². The summed E-state index contributed by atoms with van der Waals surface area (Å²) in [6.45, 7) is 3.72. The highest BCUT2D eigenvalue weighted by molar-refractivity contribution is 5.49. The van der Waals surface area contributed by atoms with Crippen LogP contribution in [-0.2, 0) is 11.3 Å². The lowest BCUT2D eigenvalue weighted by Gasteiger charge is -2.26. The standard InChI is InChI=1S/C16H25N3O/c1-20-10-9-17-11-14-3-2-8-18-16(14)19(15-6-7-15)12-13-4-5-13/h2-3,8,13,15,17H,4-7,9-12H2,1H3. The first kappa shape index (κ1) is 13.8. The SMILES string of the molecule is COCCNCc1cccnc1N(CC1CC1)C1CC1. The molecule has 1 heterocycles. The van der Waals surface area contributed by atoms with E-state index in [0.29, 0.717) is 0 Å². The van der Waals surface area contributed by atoms with Crippen LogP contribution >= 0.6 is 0 Å². The molecule has 0 aliphatic heterocycles. The number of rotatable bonds is 9. The summed E-state index contributed by atoms with van der Waals surface area (Å²) in [5.41, 5.74) is 1.32. The van der Waals surface area contributed by atoms with Crippen LogP contribution < -0.4 is 10.2 Å². The predicted molar refractivity (Wildman–Crippen MR) is 80.9 cm³/mol. The quantitative estimate of drug-likeness (QED) is 0.701. The number of hydrogen-bond donors (Lipinski definition) is 1. The number of hydrogen-bond acceptors (Lipinski definition) is 4. The van der Waals surface area contributed by atoms with Crippen molar-refractivity contribution in [1.82, 2.24) is 10.3 Å². The Balaban J connectivity index is 1.66. The minimum Gasteiger partial charge on any atom is -0.383 e. The number of aromatic nitrogens is 1. The molecule has 2 aliphatic carbocycles. The normalized spacial score (nSPS) is 18.2. The van der Waals surface area contributed by atoms with Crippen LogP contribution in [0.2, 0.25) is 0 Å². The molecule has 110 valence electrons. The Hall–Kier alpha value is -1.13. The van der Waals surface area contributed by atoms with Crippen LogP contribution in [0.3, 0.4) is 0 Å². The van der Waals surface area contributed by atoms with E-state index in [2.05, 4.69) is 21.3 Å². The zero-order valence-corrected chi connectivity index (χ0v) is 12.3. The highest BCUT2D eigenvalue weighted by Crippen LogP contribution is 2.37. The van der Waals surface area contributed by atoms with Crippen molar-refractivity contribution in [2.75, 3.05) is 31.7 Å². The lowest BCUT2D eigenvalue weighted by Crippen LogP contribution is -2.31. The molecule has 0 aromatic carbocycles. The molecule has 1 aromatic rings. The van der Waals surface area contributed by atoms with Crippen LogP contribution in [0.25, 0.3) is 0 Å². The molecule has 1 aromatic heterocycles. The Morgan fingerprint density at radius 1 is 1.35 bits per heavy atom. The fourth-order valence-corrected chi connectivity index (χ4v) is 2.60. The van der Waals surface area contributed by atoms with Crippen LogP contribution in [0.5, 0.6) is 0 Å². The van der Waals surface area contributed by atoms with Gasteiger partial charge in [0.25, 0.3) is 0 Å². The maximum Gasteiger partial charge on any atom is 0.133 e. The molecule has 1 N–H and O–H groups in total. The van der Waals surface area contributed by atoms with E-state index < -0.39 is 0 Å². The van der Waals surface area contributed by atoms with Crippen LogP contribution in [0.15, 0.2) is 18.3 Å². The van der Waals surface area contributed by atoms with Gasteiger partial charge in [0.2, 0.25) is 0 Å². The fraction of sp³-hybridized carbons (Fsp3) is 0.688. The summed E-state index contributed by atoms with van der Waals surface area (Å²) < 4.78 is 5.08. The van der Waals surface area contributed by atoms with Gasteiger partial charge in [0.05, 0.1) is 6.61 Å². The summed E-state index contributed by atoms with van der Waals surface area (Å²) in [6, 6.07) is 4.98. The Morgan fingerprint density at radius 2 is 2.20 bits per heavy atom. The first-order valence-electron chi connectivity index (χ1n) is 7.78. The third-order valence-electron chi connectivity index (χ3n) is 4.08. The summed E-state index contributed by atoms with van der Waals surface area (Å²) in [7, 11) is 1.74. The maximum atomic E-state index is 5.08. The van der Waals surface area contributed by atoms with Gasteiger partial charge in [-0.05, 0) is 37.7 Å². The molecule has 20 heavy (non-hydrogen) atoms. The Kier molecular flexibility index (Phi) is 4.53. The van der Waals surface area contributed by atoms with Gasteiger partial charge in [-0.3, -0.25) is 0 Å². The first-order valence-corrected chi connectivity index (χ1v) is 7.78. The van der Waals surface area contributed by atoms with Gasteiger partial charge in [-0.1, -0.05) is 6.07 Å². The van der Waals surface area contributed by atoms with Gasteiger partial charge in [0.15, 0.2) is 0 Å². The highest BCUT2D eigenvalue weighted by atomic mass is 16.5. The molecule has 2 fully saturated rings. The van der Waals surface area contributed by atoms with Gasteiger partial charge in [-0.25, -0.2) is 4.98 Å². The summed E-state index contributed by atoms with van der Waals surface area (Å²) >= 11 is 0. The zero-order chi connectivity index (χ0) is 13.8. The molecule has 4 nitrogen and oxygen atoms in total. The van der Waals surface area contributed by atoms with Crippen LogP contribution in [-0.4, -0.2) is 37.8 Å². The van der Waals surface area contributed by atoms with Gasteiger partial charge in [-0.2, -0.15) is 0 Å². The Labute approximate surface area is 121 Å². The monoisotopic (exact) mass is 275 g/mol. The summed E-state index contributed by atoms with van der Waals surface area (Å²) in [5, 5.41) is 3.43. The molecule has 0 bridgehead atoms. The highest BCUT2D eigenvalue weighted by Gasteiger charge is 2.35. The molecule has 2 aliphatic rings. The first-order chi connectivity index (χ1) is 9.88. The van der Waals surface area contributed by atoms with Crippen LogP contribution in [0, 0.1) is 5.92 Å². The molecular formula is C16H25N3O. The molecule has 4 heteroatoms. The minimum absolute atomic E-state index is 0.739. The fourth-order valence-electron chi connectivity index (χ4n) is 2.60. The number of anilines is 1. The minimum atomic E-state index is 0.739. The largest absolute Gasteiger partial charge is 0.383 e. The lowest BCUT2D eigenvalue weighted by molar-refractivity contribution is 0.199. The number of ether oxygens (including phenoxy) is 1. The molecule has 0 radical (unpaired) electrons. The van der Waals surface area contributed by atoms with E-state index in [1.54, 1.807) is 7.11 Å². The number of methoxy groups -OCH3 is 1. The average Bonchev–Trinajstić information content (AvgIpc) is 3.35. The Morgan fingerprint density at radius 3 is 2.90 bits per heavy atom. The molecule has 2 saturated carbocycles. The van der Waals surface area contributed by atoms with E-state index in [1.165, 1.54) is 43.6 Å². The van der Waals surface area contributed by atoms with Crippen molar-refractivity contribution in [3.8, 4) is 0 Å². The molecule has 0 amide bonds. The topological polar surface area (TPSA) is 37.4 Å². The van der Waals surface area contributed by atoms with Crippen molar-refractivity contribution in [2.45, 2.75) is 38.3 Å². The van der Waals surface area contributed by atoms with E-state index in [4.69, 9.17) is 4.74 Å². The number of pyridine rings is 1. The second-order valence-electron chi connectivity index (χ2n) is 5.98. The maximum absolute atomic E-state index is 5.08. The Bertz CT molecular complexity index is 429. The van der Waals surface area contributed by atoms with Gasteiger partial charge in [-0.15, -0.1) is 0 Å². The van der Waals surface area contributed by atoms with E-state index in [0.717, 1.165) is 31.7 Å². The molecule has 0 unspecified atom stereocenters. The molecule has 0 atom stereocenters. The second kappa shape index (κ2) is 6.55. The van der Waals surface area contributed by atoms with E-state index in [9.17, 15) is 0 Å². The van der Waals surface area contributed by atoms with E-state index >= 15 is 0 Å². The third kappa shape index (κ3) is 3.70. The van der Waals surface area contributed by atoms with Crippen molar-refractivity contribution in [2.24, 2.45) is 5.92 Å². The van der Waals surface area contributed by atoms with Crippen LogP contribution in [0.1, 0.15) is 31.2 Å². The van der Waals surface area contributed by atoms with E-state index in [-0.39, 0.29) is 0 Å². The molecule has 0 spiro atoms. The van der Waals surface area contributed by atoms with Gasteiger partial charge in [0.1, 0.15) is 5.82 Å². The van der Waals surface area contributed by atoms with Crippen molar-refractivity contribution >= 4 is 5.82 Å². The third-order valence-corrected chi connectivity index (χ3v) is 4.08. The van der Waals surface area contributed by atoms with Gasteiger partial charge < -0.3 is 15.0 Å². The van der Waals surface area contributed by atoms with Crippen molar-refractivity contribution in [1.29, 1.82) is 0 Å². The smallest absolute Gasteiger partial charge is 0.133 e. The van der Waals surface area contributed by atoms with Crippen molar-refractivity contribution < 1.29 is 4.74 Å². The van der Waals surface area contributed by atoms with Gasteiger partial charge >= 0.3 is 0 Å². The van der Waals surface area contributed by atoms with Crippen LogP contribution in [0.4, 0.5) is 5.82 Å². The lowest BCUT2D eigenvalue weighted by atomic mass is 10.2. The van der Waals surface area contributed by atoms with E-state index in [1.807, 2.05) is 12.3 Å². The summed E-state index contributed by atoms with van der Waals surface area (Å²) in [6.07, 6.45) is 7.39. The zero-order valence-electron chi connectivity index (χ0n) is 12.3. The summed E-state index contributed by atoms with van der Waals surface area (Å²) in [4.78, 5) is 7.24. The number of nitrogens with zero attached hydrogens (tertiary/aromatic N) is 2. The average molecular weight is 275 g/mol. The molecule has 3 rings (SSSR count). The molecule has 0 saturated heterocycles. The predicted octanol–water partition coefficient (Wildman–Crippen LogP) is 2.20. The molecular weight excluding hydrogens is 250 g/mol. The van der Waals surface area contributed by atoms with Crippen molar-refractivity contribution in [3.05, 3.63) is 23.9 Å².